The quantitative estimate of drug-likeness (QED) is 0.809. The molecular weight excluding hydrogens is 276 g/mol. The van der Waals surface area contributed by atoms with Gasteiger partial charge >= 0.3 is 0 Å². The first-order valence-corrected chi connectivity index (χ1v) is 8.52. The van der Waals surface area contributed by atoms with Crippen LogP contribution in [0.2, 0.25) is 0 Å². The lowest BCUT2D eigenvalue weighted by Gasteiger charge is -2.24. The molecule has 0 radical (unpaired) electrons. The van der Waals surface area contributed by atoms with E-state index in [0.717, 1.165) is 50.7 Å². The summed E-state index contributed by atoms with van der Waals surface area (Å²) in [6, 6.07) is 4.11. The van der Waals surface area contributed by atoms with E-state index in [2.05, 4.69) is 31.7 Å². The standard InChI is InChI=1S/C18H30N2O2/c1-14(2)13-20-12-11-19(10-8-18(20)21)9-7-15(3)17-6-5-16(4)22-17/h5-6,14-15H,7-13H2,1-4H3. The fourth-order valence-electron chi connectivity index (χ4n) is 3.00. The summed E-state index contributed by atoms with van der Waals surface area (Å²) >= 11 is 0. The third-order valence-corrected chi connectivity index (χ3v) is 4.39. The zero-order valence-corrected chi connectivity index (χ0v) is 14.5. The summed E-state index contributed by atoms with van der Waals surface area (Å²) in [5.74, 6) is 3.33. The van der Waals surface area contributed by atoms with Gasteiger partial charge in [0.1, 0.15) is 11.5 Å². The van der Waals surface area contributed by atoms with Gasteiger partial charge in [0.25, 0.3) is 0 Å². The molecule has 1 unspecified atom stereocenters. The first-order chi connectivity index (χ1) is 10.5. The highest BCUT2D eigenvalue weighted by atomic mass is 16.3. The summed E-state index contributed by atoms with van der Waals surface area (Å²) in [5, 5.41) is 0. The minimum Gasteiger partial charge on any atom is -0.466 e. The molecule has 0 saturated carbocycles. The van der Waals surface area contributed by atoms with Gasteiger partial charge in [-0.25, -0.2) is 0 Å². The molecule has 1 atom stereocenters. The van der Waals surface area contributed by atoms with Crippen molar-refractivity contribution in [1.29, 1.82) is 0 Å². The van der Waals surface area contributed by atoms with Gasteiger partial charge in [0.2, 0.25) is 5.91 Å². The molecule has 4 heteroatoms. The van der Waals surface area contributed by atoms with E-state index in [0.29, 0.717) is 24.2 Å². The Kier molecular flexibility index (Phi) is 6.07. The van der Waals surface area contributed by atoms with Crippen LogP contribution < -0.4 is 0 Å². The van der Waals surface area contributed by atoms with Crippen molar-refractivity contribution >= 4 is 5.91 Å². The number of rotatable bonds is 6. The molecule has 22 heavy (non-hydrogen) atoms. The Morgan fingerprint density at radius 1 is 1.18 bits per heavy atom. The molecule has 0 aliphatic carbocycles. The van der Waals surface area contributed by atoms with Crippen LogP contribution in [0.15, 0.2) is 16.5 Å². The van der Waals surface area contributed by atoms with E-state index in [1.807, 2.05) is 17.9 Å². The third kappa shape index (κ3) is 4.87. The molecule has 0 spiro atoms. The number of carbonyl (C=O) groups excluding carboxylic acids is 1. The Morgan fingerprint density at radius 2 is 1.95 bits per heavy atom. The minimum atomic E-state index is 0.311. The number of amides is 1. The maximum Gasteiger partial charge on any atom is 0.223 e. The second-order valence-corrected chi connectivity index (χ2v) is 6.96. The topological polar surface area (TPSA) is 36.7 Å². The maximum absolute atomic E-state index is 12.1. The summed E-state index contributed by atoms with van der Waals surface area (Å²) in [6.07, 6.45) is 1.73. The van der Waals surface area contributed by atoms with Crippen LogP contribution in [0.5, 0.6) is 0 Å². The number of hydrogen-bond donors (Lipinski definition) is 0. The second kappa shape index (κ2) is 7.82. The van der Waals surface area contributed by atoms with Crippen LogP contribution in [0.25, 0.3) is 0 Å². The predicted octanol–water partition coefficient (Wildman–Crippen LogP) is 3.27. The van der Waals surface area contributed by atoms with Gasteiger partial charge < -0.3 is 14.2 Å². The van der Waals surface area contributed by atoms with Crippen molar-refractivity contribution < 1.29 is 9.21 Å². The van der Waals surface area contributed by atoms with E-state index in [9.17, 15) is 4.79 Å². The molecule has 1 aliphatic heterocycles. The second-order valence-electron chi connectivity index (χ2n) is 6.96. The molecule has 1 aromatic rings. The highest BCUT2D eigenvalue weighted by molar-refractivity contribution is 5.76. The molecule has 1 saturated heterocycles. The largest absolute Gasteiger partial charge is 0.466 e. The van der Waals surface area contributed by atoms with Crippen molar-refractivity contribution in [3.05, 3.63) is 23.7 Å². The Bertz CT molecular complexity index is 481. The van der Waals surface area contributed by atoms with Crippen molar-refractivity contribution in [2.24, 2.45) is 5.92 Å². The zero-order chi connectivity index (χ0) is 16.1. The molecule has 1 amide bonds. The molecule has 2 rings (SSSR count). The zero-order valence-electron chi connectivity index (χ0n) is 14.5. The van der Waals surface area contributed by atoms with E-state index in [1.54, 1.807) is 0 Å². The molecule has 124 valence electrons. The van der Waals surface area contributed by atoms with Crippen LogP contribution in [0.1, 0.15) is 51.1 Å². The molecule has 0 bridgehead atoms. The van der Waals surface area contributed by atoms with Crippen molar-refractivity contribution in [1.82, 2.24) is 9.80 Å². The van der Waals surface area contributed by atoms with E-state index >= 15 is 0 Å². The highest BCUT2D eigenvalue weighted by Crippen LogP contribution is 2.22. The van der Waals surface area contributed by atoms with Gasteiger partial charge in [-0.1, -0.05) is 20.8 Å². The van der Waals surface area contributed by atoms with Crippen molar-refractivity contribution in [2.75, 3.05) is 32.7 Å². The molecule has 0 aromatic carbocycles. The molecular formula is C18H30N2O2. The molecule has 1 aromatic heterocycles. The van der Waals surface area contributed by atoms with E-state index in [1.165, 1.54) is 0 Å². The first kappa shape index (κ1) is 17.1. The van der Waals surface area contributed by atoms with Gasteiger partial charge in [-0.15, -0.1) is 0 Å². The van der Waals surface area contributed by atoms with Gasteiger partial charge in [-0.05, 0) is 37.9 Å². The van der Waals surface area contributed by atoms with Gasteiger partial charge in [-0.2, -0.15) is 0 Å². The van der Waals surface area contributed by atoms with E-state index in [-0.39, 0.29) is 0 Å². The summed E-state index contributed by atoms with van der Waals surface area (Å²) < 4.78 is 5.71. The molecule has 0 N–H and O–H groups in total. The Morgan fingerprint density at radius 3 is 2.59 bits per heavy atom. The van der Waals surface area contributed by atoms with Gasteiger partial charge in [0, 0.05) is 38.5 Å². The summed E-state index contributed by atoms with van der Waals surface area (Å²) in [4.78, 5) is 16.6. The smallest absolute Gasteiger partial charge is 0.223 e. The molecule has 4 nitrogen and oxygen atoms in total. The highest BCUT2D eigenvalue weighted by Gasteiger charge is 2.21. The summed E-state index contributed by atoms with van der Waals surface area (Å²) in [6.45, 7) is 13.2. The summed E-state index contributed by atoms with van der Waals surface area (Å²) in [7, 11) is 0. The molecule has 1 fully saturated rings. The minimum absolute atomic E-state index is 0.311. The Hall–Kier alpha value is -1.29. The number of furan rings is 1. The lowest BCUT2D eigenvalue weighted by molar-refractivity contribution is -0.130. The van der Waals surface area contributed by atoms with Gasteiger partial charge in [0.05, 0.1) is 0 Å². The number of carbonyl (C=O) groups is 1. The van der Waals surface area contributed by atoms with Crippen molar-refractivity contribution in [3.63, 3.8) is 0 Å². The average Bonchev–Trinajstić information content (AvgIpc) is 2.82. The Balaban J connectivity index is 1.80. The van der Waals surface area contributed by atoms with Crippen LogP contribution in [-0.2, 0) is 4.79 Å². The van der Waals surface area contributed by atoms with Gasteiger partial charge in [-0.3, -0.25) is 4.79 Å². The van der Waals surface area contributed by atoms with Gasteiger partial charge in [0.15, 0.2) is 0 Å². The lowest BCUT2D eigenvalue weighted by Crippen LogP contribution is -2.36. The number of hydrogen-bond acceptors (Lipinski definition) is 3. The summed E-state index contributed by atoms with van der Waals surface area (Å²) in [5.41, 5.74) is 0. The molecule has 1 aliphatic rings. The third-order valence-electron chi connectivity index (χ3n) is 4.39. The van der Waals surface area contributed by atoms with Crippen LogP contribution in [0, 0.1) is 12.8 Å². The van der Waals surface area contributed by atoms with Crippen LogP contribution in [-0.4, -0.2) is 48.4 Å². The SMILES string of the molecule is Cc1ccc(C(C)CCN2CCC(=O)N(CC(C)C)CC2)o1. The fraction of sp³-hybridized carbons (Fsp3) is 0.722. The normalized spacial score (nSPS) is 18.8. The van der Waals surface area contributed by atoms with Crippen LogP contribution >= 0.6 is 0 Å². The monoisotopic (exact) mass is 306 g/mol. The number of nitrogens with zero attached hydrogens (tertiary/aromatic N) is 2. The predicted molar refractivity (Wildman–Crippen MR) is 89.0 cm³/mol. The van der Waals surface area contributed by atoms with Crippen molar-refractivity contribution in [3.8, 4) is 0 Å². The fourth-order valence-corrected chi connectivity index (χ4v) is 3.00. The van der Waals surface area contributed by atoms with E-state index in [4.69, 9.17) is 4.42 Å². The number of aryl methyl sites for hydroxylation is 1. The molecule has 2 heterocycles. The van der Waals surface area contributed by atoms with Crippen molar-refractivity contribution in [2.45, 2.75) is 46.5 Å². The van der Waals surface area contributed by atoms with E-state index < -0.39 is 0 Å². The Labute approximate surface area is 134 Å². The lowest BCUT2D eigenvalue weighted by atomic mass is 10.0. The van der Waals surface area contributed by atoms with Crippen LogP contribution in [0.4, 0.5) is 0 Å². The maximum atomic E-state index is 12.1. The van der Waals surface area contributed by atoms with Crippen LogP contribution in [0.3, 0.4) is 0 Å². The average molecular weight is 306 g/mol. The first-order valence-electron chi connectivity index (χ1n) is 8.52.